The summed E-state index contributed by atoms with van der Waals surface area (Å²) in [5.41, 5.74) is 1.07. The highest BCUT2D eigenvalue weighted by molar-refractivity contribution is 6.33. The minimum atomic E-state index is 0.253. The maximum Gasteiger partial charge on any atom is 0.0454 e. The van der Waals surface area contributed by atoms with Gasteiger partial charge >= 0.3 is 0 Å². The molecule has 3 heteroatoms. The molecule has 0 amide bonds. The Bertz CT molecular complexity index is 312. The molecule has 0 aliphatic heterocycles. The Morgan fingerprint density at radius 2 is 2.07 bits per heavy atom. The molecule has 0 saturated heterocycles. The van der Waals surface area contributed by atoms with Crippen molar-refractivity contribution >= 4 is 23.2 Å². The Morgan fingerprint density at radius 3 is 2.73 bits per heavy atom. The predicted octanol–water partition coefficient (Wildman–Crippen LogP) is 4.44. The van der Waals surface area contributed by atoms with E-state index in [4.69, 9.17) is 23.2 Å². The van der Waals surface area contributed by atoms with Crippen LogP contribution in [0.1, 0.15) is 38.3 Å². The molecule has 1 aromatic rings. The molecule has 1 atom stereocenters. The van der Waals surface area contributed by atoms with E-state index in [-0.39, 0.29) is 6.04 Å². The summed E-state index contributed by atoms with van der Waals surface area (Å²) in [5.74, 6) is 0. The zero-order valence-electron chi connectivity index (χ0n) is 9.19. The predicted molar refractivity (Wildman–Crippen MR) is 67.8 cm³/mol. The topological polar surface area (TPSA) is 12.0 Å². The van der Waals surface area contributed by atoms with Crippen LogP contribution in [-0.2, 0) is 0 Å². The van der Waals surface area contributed by atoms with E-state index in [9.17, 15) is 0 Å². The van der Waals surface area contributed by atoms with Crippen molar-refractivity contribution < 1.29 is 0 Å². The van der Waals surface area contributed by atoms with Crippen LogP contribution >= 0.6 is 23.2 Å². The second-order valence-corrected chi connectivity index (χ2v) is 4.54. The van der Waals surface area contributed by atoms with Crippen LogP contribution in [-0.4, -0.2) is 6.54 Å². The summed E-state index contributed by atoms with van der Waals surface area (Å²) in [6.45, 7) is 5.30. The van der Waals surface area contributed by atoms with Gasteiger partial charge in [0, 0.05) is 16.1 Å². The summed E-state index contributed by atoms with van der Waals surface area (Å²) in [5, 5.41) is 4.93. The zero-order valence-corrected chi connectivity index (χ0v) is 10.7. The fourth-order valence-electron chi connectivity index (χ4n) is 1.45. The molecule has 1 nitrogen and oxygen atoms in total. The molecule has 15 heavy (non-hydrogen) atoms. The van der Waals surface area contributed by atoms with Crippen LogP contribution in [0.15, 0.2) is 18.2 Å². The van der Waals surface area contributed by atoms with Gasteiger partial charge < -0.3 is 5.32 Å². The second-order valence-electron chi connectivity index (χ2n) is 3.70. The third-order valence-corrected chi connectivity index (χ3v) is 2.98. The Balaban J connectivity index is 2.64. The first-order valence-corrected chi connectivity index (χ1v) is 6.09. The van der Waals surface area contributed by atoms with Crippen molar-refractivity contribution in [2.24, 2.45) is 0 Å². The normalized spacial score (nSPS) is 12.8. The lowest BCUT2D eigenvalue weighted by Crippen LogP contribution is -2.19. The summed E-state index contributed by atoms with van der Waals surface area (Å²) >= 11 is 12.0. The van der Waals surface area contributed by atoms with Crippen molar-refractivity contribution in [1.82, 2.24) is 5.32 Å². The van der Waals surface area contributed by atoms with Gasteiger partial charge in [0.05, 0.1) is 0 Å². The molecule has 0 heterocycles. The van der Waals surface area contributed by atoms with Gasteiger partial charge in [-0.1, -0.05) is 36.5 Å². The smallest absolute Gasteiger partial charge is 0.0454 e. The minimum Gasteiger partial charge on any atom is -0.310 e. The number of benzene rings is 1. The average Bonchev–Trinajstić information content (AvgIpc) is 2.22. The van der Waals surface area contributed by atoms with E-state index in [1.807, 2.05) is 18.2 Å². The molecule has 0 aliphatic rings. The molecule has 84 valence electrons. The first-order valence-electron chi connectivity index (χ1n) is 5.33. The standard InChI is InChI=1S/C12H17Cl2N/c1-3-4-7-15-9(2)11-8-10(13)5-6-12(11)14/h5-6,8-9,15H,3-4,7H2,1-2H3. The van der Waals surface area contributed by atoms with E-state index in [0.29, 0.717) is 0 Å². The molecule has 1 N–H and O–H groups in total. The molecular weight excluding hydrogens is 229 g/mol. The zero-order chi connectivity index (χ0) is 11.3. The molecule has 0 aromatic heterocycles. The molecular formula is C12H17Cl2N. The Labute approximate surface area is 102 Å². The molecule has 0 spiro atoms. The molecule has 0 radical (unpaired) electrons. The maximum absolute atomic E-state index is 6.11. The number of hydrogen-bond acceptors (Lipinski definition) is 1. The molecule has 1 unspecified atom stereocenters. The van der Waals surface area contributed by atoms with Gasteiger partial charge in [-0.25, -0.2) is 0 Å². The first-order chi connectivity index (χ1) is 7.15. The van der Waals surface area contributed by atoms with Crippen molar-refractivity contribution in [1.29, 1.82) is 0 Å². The molecule has 0 bridgehead atoms. The van der Waals surface area contributed by atoms with Crippen LogP contribution in [0, 0.1) is 0 Å². The first kappa shape index (κ1) is 12.8. The van der Waals surface area contributed by atoms with Crippen molar-refractivity contribution in [2.75, 3.05) is 6.54 Å². The summed E-state index contributed by atoms with van der Waals surface area (Å²) in [7, 11) is 0. The number of rotatable bonds is 5. The third-order valence-electron chi connectivity index (χ3n) is 2.41. The largest absolute Gasteiger partial charge is 0.310 e. The van der Waals surface area contributed by atoms with Gasteiger partial charge in [0.2, 0.25) is 0 Å². The van der Waals surface area contributed by atoms with Crippen molar-refractivity contribution in [3.63, 3.8) is 0 Å². The van der Waals surface area contributed by atoms with Gasteiger partial charge in [-0.05, 0) is 43.7 Å². The lowest BCUT2D eigenvalue weighted by atomic mass is 10.1. The van der Waals surface area contributed by atoms with E-state index in [0.717, 1.165) is 22.2 Å². The van der Waals surface area contributed by atoms with E-state index < -0.39 is 0 Å². The summed E-state index contributed by atoms with van der Waals surface area (Å²) in [4.78, 5) is 0. The number of unbranched alkanes of at least 4 members (excludes halogenated alkanes) is 1. The van der Waals surface area contributed by atoms with Gasteiger partial charge in [0.1, 0.15) is 0 Å². The molecule has 0 fully saturated rings. The summed E-state index contributed by atoms with van der Waals surface area (Å²) in [6, 6.07) is 5.83. The highest BCUT2D eigenvalue weighted by Crippen LogP contribution is 2.25. The highest BCUT2D eigenvalue weighted by Gasteiger charge is 2.08. The van der Waals surface area contributed by atoms with Gasteiger partial charge in [-0.3, -0.25) is 0 Å². The fourth-order valence-corrected chi connectivity index (χ4v) is 1.91. The summed E-state index contributed by atoms with van der Waals surface area (Å²) in [6.07, 6.45) is 2.38. The van der Waals surface area contributed by atoms with Gasteiger partial charge in [-0.15, -0.1) is 0 Å². The Hall–Kier alpha value is -0.240. The van der Waals surface area contributed by atoms with E-state index in [2.05, 4.69) is 19.2 Å². The molecule has 1 aromatic carbocycles. The molecule has 0 saturated carbocycles. The second kappa shape index (κ2) is 6.37. The van der Waals surface area contributed by atoms with E-state index in [1.165, 1.54) is 12.8 Å². The van der Waals surface area contributed by atoms with Gasteiger partial charge in [0.15, 0.2) is 0 Å². The average molecular weight is 246 g/mol. The third kappa shape index (κ3) is 4.02. The molecule has 0 aliphatic carbocycles. The SMILES string of the molecule is CCCCNC(C)c1cc(Cl)ccc1Cl. The number of hydrogen-bond donors (Lipinski definition) is 1. The number of halogens is 2. The fraction of sp³-hybridized carbons (Fsp3) is 0.500. The lowest BCUT2D eigenvalue weighted by Gasteiger charge is -2.15. The highest BCUT2D eigenvalue weighted by atomic mass is 35.5. The van der Waals surface area contributed by atoms with Crippen LogP contribution < -0.4 is 5.32 Å². The Kier molecular flexibility index (Phi) is 5.44. The number of nitrogens with one attached hydrogen (secondary N) is 1. The quantitative estimate of drug-likeness (QED) is 0.757. The van der Waals surface area contributed by atoms with Gasteiger partial charge in [0.25, 0.3) is 0 Å². The van der Waals surface area contributed by atoms with Crippen molar-refractivity contribution in [2.45, 2.75) is 32.7 Å². The van der Waals surface area contributed by atoms with Crippen LogP contribution in [0.2, 0.25) is 10.0 Å². The van der Waals surface area contributed by atoms with Crippen LogP contribution in [0.3, 0.4) is 0 Å². The van der Waals surface area contributed by atoms with E-state index in [1.54, 1.807) is 0 Å². The van der Waals surface area contributed by atoms with E-state index >= 15 is 0 Å². The maximum atomic E-state index is 6.11. The summed E-state index contributed by atoms with van der Waals surface area (Å²) < 4.78 is 0. The van der Waals surface area contributed by atoms with Crippen LogP contribution in [0.4, 0.5) is 0 Å². The lowest BCUT2D eigenvalue weighted by molar-refractivity contribution is 0.554. The minimum absolute atomic E-state index is 0.253. The Morgan fingerprint density at radius 1 is 1.33 bits per heavy atom. The van der Waals surface area contributed by atoms with Gasteiger partial charge in [-0.2, -0.15) is 0 Å². The van der Waals surface area contributed by atoms with Crippen molar-refractivity contribution in [3.05, 3.63) is 33.8 Å². The van der Waals surface area contributed by atoms with Crippen LogP contribution in [0.25, 0.3) is 0 Å². The van der Waals surface area contributed by atoms with Crippen molar-refractivity contribution in [3.8, 4) is 0 Å². The monoisotopic (exact) mass is 245 g/mol. The van der Waals surface area contributed by atoms with Crippen LogP contribution in [0.5, 0.6) is 0 Å². The molecule has 1 rings (SSSR count).